The van der Waals surface area contributed by atoms with Crippen LogP contribution in [0.5, 0.6) is 0 Å². The van der Waals surface area contributed by atoms with Crippen molar-refractivity contribution in [3.8, 4) is 0 Å². The number of carbonyl (C=O) groups excluding carboxylic acids is 1. The highest BCUT2D eigenvalue weighted by Crippen LogP contribution is 2.22. The zero-order chi connectivity index (χ0) is 11.3. The number of amides is 1. The van der Waals surface area contributed by atoms with Gasteiger partial charge in [0.25, 0.3) is 0 Å². The first-order valence-electron chi connectivity index (χ1n) is 4.45. The number of methoxy groups -OCH3 is 1. The van der Waals surface area contributed by atoms with E-state index in [0.29, 0.717) is 5.69 Å². The van der Waals surface area contributed by atoms with Gasteiger partial charge in [0, 0.05) is 5.56 Å². The standard InChI is InChI=1S/C12H13NO2/c1-4-9-7-6-8-11(10(9)5-2)13-12(14)15-3/h4-8H,1-2H2,3H3,(H,13,14). The smallest absolute Gasteiger partial charge is 0.411 e. The minimum atomic E-state index is -0.501. The molecule has 0 saturated carbocycles. The van der Waals surface area contributed by atoms with Crippen molar-refractivity contribution in [1.82, 2.24) is 0 Å². The Bertz CT molecular complexity index is 397. The number of nitrogens with one attached hydrogen (secondary N) is 1. The molecule has 0 radical (unpaired) electrons. The molecule has 15 heavy (non-hydrogen) atoms. The molecule has 78 valence electrons. The number of carbonyl (C=O) groups is 1. The summed E-state index contributed by atoms with van der Waals surface area (Å²) >= 11 is 0. The van der Waals surface area contributed by atoms with Crippen LogP contribution in [0.3, 0.4) is 0 Å². The fourth-order valence-corrected chi connectivity index (χ4v) is 1.26. The van der Waals surface area contributed by atoms with Gasteiger partial charge in [-0.05, 0) is 11.6 Å². The van der Waals surface area contributed by atoms with Crippen LogP contribution in [-0.2, 0) is 4.74 Å². The van der Waals surface area contributed by atoms with E-state index in [9.17, 15) is 4.79 Å². The Hall–Kier alpha value is -2.03. The van der Waals surface area contributed by atoms with Crippen molar-refractivity contribution in [2.24, 2.45) is 0 Å². The van der Waals surface area contributed by atoms with Gasteiger partial charge >= 0.3 is 6.09 Å². The number of hydrogen-bond donors (Lipinski definition) is 1. The van der Waals surface area contributed by atoms with E-state index in [-0.39, 0.29) is 0 Å². The average Bonchev–Trinajstić information content (AvgIpc) is 2.28. The first kappa shape index (κ1) is 11.0. The van der Waals surface area contributed by atoms with Gasteiger partial charge in [-0.15, -0.1) is 0 Å². The molecule has 0 saturated heterocycles. The van der Waals surface area contributed by atoms with Crippen LogP contribution in [0.2, 0.25) is 0 Å². The molecule has 3 heteroatoms. The average molecular weight is 203 g/mol. The fraction of sp³-hybridized carbons (Fsp3) is 0.0833. The fourth-order valence-electron chi connectivity index (χ4n) is 1.26. The zero-order valence-electron chi connectivity index (χ0n) is 8.62. The Labute approximate surface area is 89.1 Å². The van der Waals surface area contributed by atoms with Crippen LogP contribution in [0, 0.1) is 0 Å². The summed E-state index contributed by atoms with van der Waals surface area (Å²) in [6.45, 7) is 7.38. The van der Waals surface area contributed by atoms with Crippen molar-refractivity contribution >= 4 is 23.9 Å². The van der Waals surface area contributed by atoms with Gasteiger partial charge in [-0.3, -0.25) is 5.32 Å². The Morgan fingerprint density at radius 2 is 2.13 bits per heavy atom. The molecule has 0 aliphatic carbocycles. The summed E-state index contributed by atoms with van der Waals surface area (Å²) < 4.78 is 4.52. The first-order chi connectivity index (χ1) is 7.22. The minimum Gasteiger partial charge on any atom is -0.453 e. The van der Waals surface area contributed by atoms with E-state index in [1.807, 2.05) is 12.1 Å². The van der Waals surface area contributed by atoms with Crippen molar-refractivity contribution in [2.45, 2.75) is 0 Å². The molecule has 0 fully saturated rings. The van der Waals surface area contributed by atoms with Crippen molar-refractivity contribution in [1.29, 1.82) is 0 Å². The molecule has 0 spiro atoms. The largest absolute Gasteiger partial charge is 0.453 e. The number of benzene rings is 1. The lowest BCUT2D eigenvalue weighted by atomic mass is 10.1. The minimum absolute atomic E-state index is 0.501. The molecule has 1 aromatic rings. The molecule has 0 unspecified atom stereocenters. The molecule has 0 bridgehead atoms. The maximum absolute atomic E-state index is 11.1. The Kier molecular flexibility index (Phi) is 3.68. The second-order valence-electron chi connectivity index (χ2n) is 2.83. The third kappa shape index (κ3) is 2.47. The van der Waals surface area contributed by atoms with Gasteiger partial charge in [-0.25, -0.2) is 4.79 Å². The lowest BCUT2D eigenvalue weighted by Gasteiger charge is -2.09. The number of anilines is 1. The highest BCUT2D eigenvalue weighted by atomic mass is 16.5. The van der Waals surface area contributed by atoms with Crippen LogP contribution < -0.4 is 5.32 Å². The maximum atomic E-state index is 11.1. The van der Waals surface area contributed by atoms with E-state index in [1.54, 1.807) is 18.2 Å². The molecule has 0 aromatic heterocycles. The van der Waals surface area contributed by atoms with Gasteiger partial charge < -0.3 is 4.74 Å². The monoisotopic (exact) mass is 203 g/mol. The lowest BCUT2D eigenvalue weighted by molar-refractivity contribution is 0.187. The third-order valence-electron chi connectivity index (χ3n) is 1.99. The molecule has 3 nitrogen and oxygen atoms in total. The summed E-state index contributed by atoms with van der Waals surface area (Å²) in [6, 6.07) is 5.50. The normalized spacial score (nSPS) is 9.13. The Morgan fingerprint density at radius 1 is 1.40 bits per heavy atom. The van der Waals surface area contributed by atoms with Crippen LogP contribution in [0.4, 0.5) is 10.5 Å². The predicted molar refractivity (Wildman–Crippen MR) is 62.7 cm³/mol. The molecule has 0 heterocycles. The Balaban J connectivity index is 3.11. The molecule has 1 rings (SSSR count). The summed E-state index contributed by atoms with van der Waals surface area (Å²) in [5, 5.41) is 2.61. The summed E-state index contributed by atoms with van der Waals surface area (Å²) in [5.74, 6) is 0. The molecule has 0 aliphatic rings. The summed E-state index contributed by atoms with van der Waals surface area (Å²) in [6.07, 6.45) is 2.88. The number of hydrogen-bond acceptors (Lipinski definition) is 2. The Morgan fingerprint density at radius 3 is 2.67 bits per heavy atom. The third-order valence-corrected chi connectivity index (χ3v) is 1.99. The number of ether oxygens (including phenoxy) is 1. The van der Waals surface area contributed by atoms with Crippen molar-refractivity contribution < 1.29 is 9.53 Å². The predicted octanol–water partition coefficient (Wildman–Crippen LogP) is 3.15. The first-order valence-corrected chi connectivity index (χ1v) is 4.45. The highest BCUT2D eigenvalue weighted by Gasteiger charge is 2.06. The van der Waals surface area contributed by atoms with Gasteiger partial charge in [0.1, 0.15) is 0 Å². The van der Waals surface area contributed by atoms with E-state index < -0.39 is 6.09 Å². The second kappa shape index (κ2) is 5.00. The molecule has 0 atom stereocenters. The lowest BCUT2D eigenvalue weighted by Crippen LogP contribution is -2.12. The number of rotatable bonds is 3. The van der Waals surface area contributed by atoms with Gasteiger partial charge in [0.05, 0.1) is 12.8 Å². The summed E-state index contributed by atoms with van der Waals surface area (Å²) in [5.41, 5.74) is 2.41. The highest BCUT2D eigenvalue weighted by molar-refractivity contribution is 5.89. The molecule has 1 amide bonds. The van der Waals surface area contributed by atoms with Gasteiger partial charge in [0.15, 0.2) is 0 Å². The van der Waals surface area contributed by atoms with Crippen LogP contribution >= 0.6 is 0 Å². The van der Waals surface area contributed by atoms with Gasteiger partial charge in [0.2, 0.25) is 0 Å². The topological polar surface area (TPSA) is 38.3 Å². The molecule has 0 aliphatic heterocycles. The van der Waals surface area contributed by atoms with Gasteiger partial charge in [-0.2, -0.15) is 0 Å². The maximum Gasteiger partial charge on any atom is 0.411 e. The van der Waals surface area contributed by atoms with Crippen LogP contribution in [0.1, 0.15) is 11.1 Å². The SMILES string of the molecule is C=Cc1cccc(NC(=O)OC)c1C=C. The van der Waals surface area contributed by atoms with E-state index >= 15 is 0 Å². The van der Waals surface area contributed by atoms with Crippen molar-refractivity contribution in [3.63, 3.8) is 0 Å². The van der Waals surface area contributed by atoms with E-state index in [4.69, 9.17) is 0 Å². The summed E-state index contributed by atoms with van der Waals surface area (Å²) in [4.78, 5) is 11.1. The molecular formula is C12H13NO2. The van der Waals surface area contributed by atoms with E-state index in [0.717, 1.165) is 11.1 Å². The summed E-state index contributed by atoms with van der Waals surface area (Å²) in [7, 11) is 1.32. The van der Waals surface area contributed by atoms with E-state index in [1.165, 1.54) is 7.11 Å². The van der Waals surface area contributed by atoms with Gasteiger partial charge in [-0.1, -0.05) is 37.4 Å². The van der Waals surface area contributed by atoms with Crippen LogP contribution in [-0.4, -0.2) is 13.2 Å². The molecule has 1 N–H and O–H groups in total. The quantitative estimate of drug-likeness (QED) is 0.819. The van der Waals surface area contributed by atoms with E-state index in [2.05, 4.69) is 23.2 Å². The second-order valence-corrected chi connectivity index (χ2v) is 2.83. The van der Waals surface area contributed by atoms with Crippen LogP contribution in [0.15, 0.2) is 31.4 Å². The zero-order valence-corrected chi connectivity index (χ0v) is 8.62. The van der Waals surface area contributed by atoms with Crippen LogP contribution in [0.25, 0.3) is 12.2 Å². The van der Waals surface area contributed by atoms with Crippen molar-refractivity contribution in [3.05, 3.63) is 42.5 Å². The molecule has 1 aromatic carbocycles. The molecular weight excluding hydrogens is 190 g/mol. The van der Waals surface area contributed by atoms with Crippen molar-refractivity contribution in [2.75, 3.05) is 12.4 Å².